The van der Waals surface area contributed by atoms with Gasteiger partial charge in [-0.3, -0.25) is 4.79 Å². The lowest BCUT2D eigenvalue weighted by molar-refractivity contribution is 0.413. The topological polar surface area (TPSA) is 70.2 Å². The van der Waals surface area contributed by atoms with Crippen LogP contribution in [0.1, 0.15) is 6.92 Å². The van der Waals surface area contributed by atoms with E-state index in [4.69, 9.17) is 9.26 Å². The summed E-state index contributed by atoms with van der Waals surface area (Å²) in [5, 5.41) is 4.25. The second-order valence-electron chi connectivity index (χ2n) is 5.94. The largest absolute Gasteiger partial charge is 0.496 e. The molecule has 136 valence electrons. The Hall–Kier alpha value is -3.48. The first-order valence-electron chi connectivity index (χ1n) is 8.42. The van der Waals surface area contributed by atoms with Gasteiger partial charge >= 0.3 is 0 Å². The van der Waals surface area contributed by atoms with Crippen LogP contribution in [0.5, 0.6) is 5.75 Å². The fourth-order valence-electron chi connectivity index (χ4n) is 3.06. The second-order valence-corrected chi connectivity index (χ2v) is 5.94. The fourth-order valence-corrected chi connectivity index (χ4v) is 3.06. The molecule has 0 unspecified atom stereocenters. The first-order chi connectivity index (χ1) is 13.1. The molecule has 0 aliphatic carbocycles. The maximum absolute atomic E-state index is 13.7. The summed E-state index contributed by atoms with van der Waals surface area (Å²) in [6, 6.07) is 11.4. The summed E-state index contributed by atoms with van der Waals surface area (Å²) >= 11 is 0. The van der Waals surface area contributed by atoms with Crippen molar-refractivity contribution in [3.05, 3.63) is 64.7 Å². The zero-order valence-electron chi connectivity index (χ0n) is 14.8. The summed E-state index contributed by atoms with van der Waals surface area (Å²) in [5.74, 6) is 0.509. The number of aromatic nitrogens is 3. The molecule has 0 saturated heterocycles. The SMILES string of the molecule is CCn1cc(-c2nc(-c3ccccc3OC)no2)c(=O)c2cc(F)ccc21. The number of fused-ring (bicyclic) bond motifs is 1. The van der Waals surface area contributed by atoms with Gasteiger partial charge in [-0.1, -0.05) is 17.3 Å². The van der Waals surface area contributed by atoms with Gasteiger partial charge in [0.1, 0.15) is 17.1 Å². The Morgan fingerprint density at radius 2 is 2.00 bits per heavy atom. The van der Waals surface area contributed by atoms with Gasteiger partial charge in [0.05, 0.1) is 18.2 Å². The highest BCUT2D eigenvalue weighted by atomic mass is 19.1. The smallest absolute Gasteiger partial charge is 0.263 e. The van der Waals surface area contributed by atoms with Crippen molar-refractivity contribution in [2.75, 3.05) is 7.11 Å². The third-order valence-electron chi connectivity index (χ3n) is 4.39. The molecule has 4 rings (SSSR count). The van der Waals surface area contributed by atoms with Crippen LogP contribution in [0.3, 0.4) is 0 Å². The lowest BCUT2D eigenvalue weighted by Crippen LogP contribution is -2.12. The molecule has 0 radical (unpaired) electrons. The van der Waals surface area contributed by atoms with Crippen molar-refractivity contribution in [3.8, 4) is 28.6 Å². The number of methoxy groups -OCH3 is 1. The predicted molar refractivity (Wildman–Crippen MR) is 99.1 cm³/mol. The molecule has 0 fully saturated rings. The molecule has 0 aliphatic heterocycles. The minimum atomic E-state index is -0.473. The maximum Gasteiger partial charge on any atom is 0.263 e. The molecule has 0 bridgehead atoms. The molecule has 2 aromatic carbocycles. The molecule has 4 aromatic rings. The van der Waals surface area contributed by atoms with E-state index in [1.165, 1.54) is 12.1 Å². The minimum Gasteiger partial charge on any atom is -0.496 e. The third kappa shape index (κ3) is 2.87. The number of aryl methyl sites for hydroxylation is 1. The van der Waals surface area contributed by atoms with Gasteiger partial charge in [-0.05, 0) is 37.3 Å². The van der Waals surface area contributed by atoms with E-state index in [-0.39, 0.29) is 22.3 Å². The number of nitrogens with zero attached hydrogens (tertiary/aromatic N) is 3. The normalized spacial score (nSPS) is 11.1. The third-order valence-corrected chi connectivity index (χ3v) is 4.39. The molecule has 2 aromatic heterocycles. The van der Waals surface area contributed by atoms with Crippen LogP contribution in [-0.2, 0) is 6.54 Å². The highest BCUT2D eigenvalue weighted by Crippen LogP contribution is 2.29. The summed E-state index contributed by atoms with van der Waals surface area (Å²) in [4.78, 5) is 17.2. The van der Waals surface area contributed by atoms with Gasteiger partial charge in [-0.15, -0.1) is 0 Å². The van der Waals surface area contributed by atoms with Crippen molar-refractivity contribution in [1.29, 1.82) is 0 Å². The van der Waals surface area contributed by atoms with Crippen LogP contribution in [0, 0.1) is 5.82 Å². The molecule has 0 amide bonds. The second kappa shape index (κ2) is 6.68. The number of hydrogen-bond donors (Lipinski definition) is 0. The number of rotatable bonds is 4. The lowest BCUT2D eigenvalue weighted by Gasteiger charge is -2.09. The van der Waals surface area contributed by atoms with Gasteiger partial charge in [0.15, 0.2) is 0 Å². The predicted octanol–water partition coefficient (Wildman–Crippen LogP) is 3.89. The first-order valence-corrected chi connectivity index (χ1v) is 8.42. The van der Waals surface area contributed by atoms with Gasteiger partial charge in [-0.2, -0.15) is 4.98 Å². The van der Waals surface area contributed by atoms with Gasteiger partial charge in [0.2, 0.25) is 11.3 Å². The van der Waals surface area contributed by atoms with Crippen LogP contribution in [0.2, 0.25) is 0 Å². The van der Waals surface area contributed by atoms with E-state index in [9.17, 15) is 9.18 Å². The zero-order valence-corrected chi connectivity index (χ0v) is 14.8. The quantitative estimate of drug-likeness (QED) is 0.549. The van der Waals surface area contributed by atoms with Crippen LogP contribution in [-0.4, -0.2) is 21.8 Å². The van der Waals surface area contributed by atoms with E-state index < -0.39 is 5.82 Å². The standard InChI is InChI=1S/C20H16FN3O3/c1-3-24-11-15(18(25)14-10-12(21)8-9-16(14)24)20-22-19(23-27-20)13-6-4-5-7-17(13)26-2/h4-11H,3H2,1-2H3. The molecule has 6 nitrogen and oxygen atoms in total. The number of ether oxygens (including phenoxy) is 1. The van der Waals surface area contributed by atoms with Gasteiger partial charge in [0, 0.05) is 18.1 Å². The Morgan fingerprint density at radius 3 is 2.78 bits per heavy atom. The molecular formula is C20H16FN3O3. The molecule has 7 heteroatoms. The van der Waals surface area contributed by atoms with Crippen LogP contribution in [0.25, 0.3) is 33.7 Å². The first kappa shape index (κ1) is 17.0. The van der Waals surface area contributed by atoms with Crippen molar-refractivity contribution in [3.63, 3.8) is 0 Å². The average Bonchev–Trinajstić information content (AvgIpc) is 3.18. The van der Waals surface area contributed by atoms with Gasteiger partial charge in [-0.25, -0.2) is 4.39 Å². The number of para-hydroxylation sites is 1. The fraction of sp³-hybridized carbons (Fsp3) is 0.150. The Bertz CT molecular complexity index is 1200. The zero-order chi connectivity index (χ0) is 19.0. The summed E-state index contributed by atoms with van der Waals surface area (Å²) < 4.78 is 26.2. The minimum absolute atomic E-state index is 0.0780. The monoisotopic (exact) mass is 365 g/mol. The van der Waals surface area contributed by atoms with Crippen LogP contribution in [0.15, 0.2) is 58.0 Å². The van der Waals surface area contributed by atoms with E-state index in [1.807, 2.05) is 23.6 Å². The van der Waals surface area contributed by atoms with Crippen LogP contribution >= 0.6 is 0 Å². The van der Waals surface area contributed by atoms with Crippen LogP contribution in [0.4, 0.5) is 4.39 Å². The summed E-state index contributed by atoms with van der Waals surface area (Å²) in [6.45, 7) is 2.54. The highest BCUT2D eigenvalue weighted by Gasteiger charge is 2.18. The molecule has 0 N–H and O–H groups in total. The van der Waals surface area contributed by atoms with Crippen LogP contribution < -0.4 is 10.2 Å². The van der Waals surface area contributed by atoms with E-state index in [0.29, 0.717) is 29.2 Å². The number of halogens is 1. The molecule has 0 atom stereocenters. The summed E-state index contributed by atoms with van der Waals surface area (Å²) in [5.41, 5.74) is 1.17. The Kier molecular flexibility index (Phi) is 4.19. The molecule has 27 heavy (non-hydrogen) atoms. The van der Waals surface area contributed by atoms with E-state index in [0.717, 1.165) is 0 Å². The number of pyridine rings is 1. The Labute approximate surface area is 153 Å². The number of benzene rings is 2. The van der Waals surface area contributed by atoms with Crippen molar-refractivity contribution in [2.24, 2.45) is 0 Å². The van der Waals surface area contributed by atoms with Crippen molar-refractivity contribution >= 4 is 10.9 Å². The molecule has 0 aliphatic rings. The Morgan fingerprint density at radius 1 is 1.19 bits per heavy atom. The molecule has 0 spiro atoms. The lowest BCUT2D eigenvalue weighted by atomic mass is 10.1. The Balaban J connectivity index is 1.90. The molecular weight excluding hydrogens is 349 g/mol. The van der Waals surface area contributed by atoms with E-state index in [2.05, 4.69) is 10.1 Å². The number of hydrogen-bond acceptors (Lipinski definition) is 5. The van der Waals surface area contributed by atoms with Gasteiger partial charge in [0.25, 0.3) is 5.89 Å². The molecule has 0 saturated carbocycles. The molecule has 2 heterocycles. The van der Waals surface area contributed by atoms with E-state index in [1.54, 1.807) is 31.5 Å². The van der Waals surface area contributed by atoms with Crippen molar-refractivity contribution in [2.45, 2.75) is 13.5 Å². The summed E-state index contributed by atoms with van der Waals surface area (Å²) in [6.07, 6.45) is 1.65. The van der Waals surface area contributed by atoms with Crippen molar-refractivity contribution in [1.82, 2.24) is 14.7 Å². The highest BCUT2D eigenvalue weighted by molar-refractivity contribution is 5.83. The average molecular weight is 365 g/mol. The van der Waals surface area contributed by atoms with E-state index >= 15 is 0 Å². The van der Waals surface area contributed by atoms with Gasteiger partial charge < -0.3 is 13.8 Å². The van der Waals surface area contributed by atoms with Crippen molar-refractivity contribution < 1.29 is 13.7 Å². The summed E-state index contributed by atoms with van der Waals surface area (Å²) in [7, 11) is 1.55. The maximum atomic E-state index is 13.7.